The van der Waals surface area contributed by atoms with Crippen LogP contribution in [0.3, 0.4) is 0 Å². The molecule has 2 amide bonds. The van der Waals surface area contributed by atoms with Crippen molar-refractivity contribution in [1.82, 2.24) is 10.2 Å². The number of hydrogen-bond donors (Lipinski definition) is 1. The molecule has 2 aromatic rings. The molecule has 0 radical (unpaired) electrons. The Morgan fingerprint density at radius 2 is 1.67 bits per heavy atom. The fraction of sp³-hybridized carbons (Fsp3) is 0.391. The first-order valence-electron chi connectivity index (χ1n) is 10.4. The first-order chi connectivity index (χ1) is 15.6. The number of benzene rings is 2. The van der Waals surface area contributed by atoms with Crippen LogP contribution in [0.4, 0.5) is 5.69 Å². The van der Waals surface area contributed by atoms with E-state index in [1.54, 1.807) is 63.4 Å². The Bertz CT molecular complexity index is 1060. The van der Waals surface area contributed by atoms with Gasteiger partial charge in [0.2, 0.25) is 21.8 Å². The number of rotatable bonds is 11. The minimum Gasteiger partial charge on any atom is -0.497 e. The van der Waals surface area contributed by atoms with Gasteiger partial charge in [-0.1, -0.05) is 18.2 Å². The largest absolute Gasteiger partial charge is 0.497 e. The zero-order chi connectivity index (χ0) is 24.6. The molecule has 2 aromatic carbocycles. The van der Waals surface area contributed by atoms with Gasteiger partial charge in [-0.3, -0.25) is 13.9 Å². The van der Waals surface area contributed by atoms with Gasteiger partial charge in [-0.2, -0.15) is 0 Å². The predicted molar refractivity (Wildman–Crippen MR) is 127 cm³/mol. The Balaban J connectivity index is 2.38. The summed E-state index contributed by atoms with van der Waals surface area (Å²) in [6, 6.07) is 12.7. The molecule has 2 rings (SSSR count). The van der Waals surface area contributed by atoms with Gasteiger partial charge in [0.1, 0.15) is 24.1 Å². The smallest absolute Gasteiger partial charge is 0.244 e. The third kappa shape index (κ3) is 7.11. The molecule has 0 saturated carbocycles. The van der Waals surface area contributed by atoms with Crippen LogP contribution < -0.4 is 19.1 Å². The Hall–Kier alpha value is -3.27. The van der Waals surface area contributed by atoms with Crippen LogP contribution >= 0.6 is 0 Å². The van der Waals surface area contributed by atoms with E-state index in [-0.39, 0.29) is 12.5 Å². The quantitative estimate of drug-likeness (QED) is 0.531. The molecule has 33 heavy (non-hydrogen) atoms. The molecule has 0 aliphatic rings. The lowest BCUT2D eigenvalue weighted by atomic mass is 10.1. The van der Waals surface area contributed by atoms with Crippen molar-refractivity contribution >= 4 is 27.5 Å². The zero-order valence-electron chi connectivity index (χ0n) is 19.6. The van der Waals surface area contributed by atoms with Crippen LogP contribution in [0.25, 0.3) is 0 Å². The number of sulfonamides is 1. The molecule has 1 atom stereocenters. The maximum atomic E-state index is 13.4. The molecule has 0 bridgehead atoms. The molecule has 9 nitrogen and oxygen atoms in total. The van der Waals surface area contributed by atoms with E-state index in [1.807, 2.05) is 0 Å². The van der Waals surface area contributed by atoms with Crippen LogP contribution in [0.5, 0.6) is 11.5 Å². The number of ether oxygens (including phenoxy) is 2. The van der Waals surface area contributed by atoms with E-state index in [0.29, 0.717) is 23.7 Å². The Morgan fingerprint density at radius 3 is 2.21 bits per heavy atom. The van der Waals surface area contributed by atoms with Crippen molar-refractivity contribution in [3.05, 3.63) is 54.1 Å². The first-order valence-corrected chi connectivity index (χ1v) is 12.3. The average molecular weight is 478 g/mol. The lowest BCUT2D eigenvalue weighted by Crippen LogP contribution is -2.51. The topological polar surface area (TPSA) is 105 Å². The van der Waals surface area contributed by atoms with Gasteiger partial charge < -0.3 is 19.7 Å². The maximum Gasteiger partial charge on any atom is 0.244 e. The molecule has 10 heteroatoms. The second kappa shape index (κ2) is 11.6. The van der Waals surface area contributed by atoms with Crippen molar-refractivity contribution in [2.45, 2.75) is 26.4 Å². The lowest BCUT2D eigenvalue weighted by molar-refractivity contribution is -0.139. The molecule has 0 aromatic heterocycles. The number of methoxy groups -OCH3 is 2. The Kier molecular flexibility index (Phi) is 9.10. The number of amides is 2. The van der Waals surface area contributed by atoms with Gasteiger partial charge in [-0.25, -0.2) is 8.42 Å². The highest BCUT2D eigenvalue weighted by molar-refractivity contribution is 7.92. The number of anilines is 1. The third-order valence-electron chi connectivity index (χ3n) is 5.05. The molecule has 0 heterocycles. The van der Waals surface area contributed by atoms with Crippen LogP contribution in [0, 0.1) is 0 Å². The summed E-state index contributed by atoms with van der Waals surface area (Å²) in [4.78, 5) is 27.3. The number of hydrogen-bond acceptors (Lipinski definition) is 6. The molecule has 0 saturated heterocycles. The minimum atomic E-state index is -3.80. The van der Waals surface area contributed by atoms with E-state index in [1.165, 1.54) is 18.1 Å². The van der Waals surface area contributed by atoms with Crippen LogP contribution in [0.15, 0.2) is 48.5 Å². The lowest BCUT2D eigenvalue weighted by Gasteiger charge is -2.31. The minimum absolute atomic E-state index is 0.122. The average Bonchev–Trinajstić information content (AvgIpc) is 2.80. The second-order valence-corrected chi connectivity index (χ2v) is 9.32. The second-order valence-electron chi connectivity index (χ2n) is 7.41. The molecule has 180 valence electrons. The van der Waals surface area contributed by atoms with Gasteiger partial charge in [-0.05, 0) is 43.7 Å². The van der Waals surface area contributed by atoms with Crippen molar-refractivity contribution in [3.8, 4) is 11.5 Å². The van der Waals surface area contributed by atoms with E-state index in [0.717, 1.165) is 16.1 Å². The summed E-state index contributed by atoms with van der Waals surface area (Å²) in [5.74, 6) is 0.276. The van der Waals surface area contributed by atoms with Crippen molar-refractivity contribution in [1.29, 1.82) is 0 Å². The number of nitrogens with zero attached hydrogens (tertiary/aromatic N) is 2. The van der Waals surface area contributed by atoms with Crippen molar-refractivity contribution in [2.75, 3.05) is 37.9 Å². The Morgan fingerprint density at radius 1 is 1.03 bits per heavy atom. The molecule has 0 aliphatic heterocycles. The number of carbonyl (C=O) groups excluding carboxylic acids is 2. The summed E-state index contributed by atoms with van der Waals surface area (Å²) in [7, 11) is -0.769. The van der Waals surface area contributed by atoms with Crippen LogP contribution in [-0.4, -0.2) is 64.7 Å². The van der Waals surface area contributed by atoms with Crippen LogP contribution in [0.1, 0.15) is 19.4 Å². The van der Waals surface area contributed by atoms with E-state index >= 15 is 0 Å². The summed E-state index contributed by atoms with van der Waals surface area (Å²) in [5.41, 5.74) is 1.06. The van der Waals surface area contributed by atoms with Gasteiger partial charge >= 0.3 is 0 Å². The summed E-state index contributed by atoms with van der Waals surface area (Å²) >= 11 is 0. The van der Waals surface area contributed by atoms with E-state index in [4.69, 9.17) is 9.47 Å². The maximum absolute atomic E-state index is 13.4. The summed E-state index contributed by atoms with van der Waals surface area (Å²) in [6.07, 6.45) is 1.03. The monoisotopic (exact) mass is 477 g/mol. The Labute approximate surface area is 195 Å². The van der Waals surface area contributed by atoms with Gasteiger partial charge in [0.05, 0.1) is 26.2 Å². The van der Waals surface area contributed by atoms with Gasteiger partial charge in [0.15, 0.2) is 0 Å². The van der Waals surface area contributed by atoms with Gasteiger partial charge in [0, 0.05) is 19.2 Å². The standard InChI is InChI=1S/C23H31N3O6S/c1-6-24-23(28)17(2)25(15-18-10-12-20(31-3)13-11-18)22(27)16-26(33(5,29)30)19-8-7-9-21(14-19)32-4/h7-14,17H,6,15-16H2,1-5H3,(H,24,28). The normalized spacial score (nSPS) is 11.9. The number of likely N-dealkylation sites (N-methyl/N-ethyl adjacent to an activating group) is 1. The molecule has 0 fully saturated rings. The summed E-state index contributed by atoms with van der Waals surface area (Å²) in [6.45, 7) is 3.47. The highest BCUT2D eigenvalue weighted by atomic mass is 32.2. The molecular formula is C23H31N3O6S. The van der Waals surface area contributed by atoms with E-state index in [2.05, 4.69) is 5.32 Å². The molecular weight excluding hydrogens is 446 g/mol. The number of carbonyl (C=O) groups is 2. The third-order valence-corrected chi connectivity index (χ3v) is 6.19. The fourth-order valence-corrected chi connectivity index (χ4v) is 4.05. The molecule has 0 aliphatic carbocycles. The first kappa shape index (κ1) is 26.0. The predicted octanol–water partition coefficient (Wildman–Crippen LogP) is 2.02. The van der Waals surface area contributed by atoms with Crippen molar-refractivity contribution in [2.24, 2.45) is 0 Å². The zero-order valence-corrected chi connectivity index (χ0v) is 20.4. The van der Waals surface area contributed by atoms with Gasteiger partial charge in [-0.15, -0.1) is 0 Å². The molecule has 0 spiro atoms. The fourth-order valence-electron chi connectivity index (χ4n) is 3.21. The van der Waals surface area contributed by atoms with E-state index in [9.17, 15) is 18.0 Å². The molecule has 1 unspecified atom stereocenters. The van der Waals surface area contributed by atoms with Crippen molar-refractivity contribution < 1.29 is 27.5 Å². The van der Waals surface area contributed by atoms with Crippen LogP contribution in [-0.2, 0) is 26.2 Å². The highest BCUT2D eigenvalue weighted by Crippen LogP contribution is 2.24. The summed E-state index contributed by atoms with van der Waals surface area (Å²) in [5, 5.41) is 2.71. The number of nitrogens with one attached hydrogen (secondary N) is 1. The van der Waals surface area contributed by atoms with E-state index < -0.39 is 28.5 Å². The SMILES string of the molecule is CCNC(=O)C(C)N(Cc1ccc(OC)cc1)C(=O)CN(c1cccc(OC)c1)S(C)(=O)=O. The van der Waals surface area contributed by atoms with Crippen LogP contribution in [0.2, 0.25) is 0 Å². The van der Waals surface area contributed by atoms with Gasteiger partial charge in [0.25, 0.3) is 0 Å². The highest BCUT2D eigenvalue weighted by Gasteiger charge is 2.30. The summed E-state index contributed by atoms with van der Waals surface area (Å²) < 4.78 is 36.4. The molecule has 1 N–H and O–H groups in total. The van der Waals surface area contributed by atoms with Crippen molar-refractivity contribution in [3.63, 3.8) is 0 Å².